The Balaban J connectivity index is 1.66. The zero-order valence-electron chi connectivity index (χ0n) is 17.4. The Kier molecular flexibility index (Phi) is 6.73. The van der Waals surface area contributed by atoms with E-state index in [2.05, 4.69) is 10.3 Å². The van der Waals surface area contributed by atoms with Crippen LogP contribution in [-0.4, -0.2) is 16.8 Å². The molecular formula is C26H19Cl2N3O2. The normalized spacial score (nSPS) is 10.6. The van der Waals surface area contributed by atoms with Gasteiger partial charge < -0.3 is 11.1 Å². The smallest absolute Gasteiger partial charge is 0.257 e. The number of nitrogens with two attached hydrogens (primary N) is 1. The first-order valence-corrected chi connectivity index (χ1v) is 10.9. The lowest BCUT2D eigenvalue weighted by atomic mass is 9.96. The van der Waals surface area contributed by atoms with Crippen molar-refractivity contribution in [1.29, 1.82) is 0 Å². The number of halogens is 2. The maximum atomic E-state index is 13.1. The molecule has 0 radical (unpaired) electrons. The number of anilines is 1. The molecule has 2 amide bonds. The topological polar surface area (TPSA) is 85.1 Å². The van der Waals surface area contributed by atoms with E-state index < -0.39 is 11.8 Å². The van der Waals surface area contributed by atoms with Gasteiger partial charge in [-0.05, 0) is 60.0 Å². The summed E-state index contributed by atoms with van der Waals surface area (Å²) in [4.78, 5) is 29.4. The van der Waals surface area contributed by atoms with Gasteiger partial charge >= 0.3 is 0 Å². The van der Waals surface area contributed by atoms with Crippen molar-refractivity contribution < 1.29 is 9.59 Å². The zero-order chi connectivity index (χ0) is 23.4. The lowest BCUT2D eigenvalue weighted by molar-refractivity contribution is 0.0994. The summed E-state index contributed by atoms with van der Waals surface area (Å²) >= 11 is 13.0. The third-order valence-corrected chi connectivity index (χ3v) is 5.90. The molecule has 0 aliphatic rings. The van der Waals surface area contributed by atoms with Gasteiger partial charge in [0.05, 0.1) is 21.3 Å². The van der Waals surface area contributed by atoms with Crippen molar-refractivity contribution in [2.24, 2.45) is 5.73 Å². The maximum absolute atomic E-state index is 13.1. The van der Waals surface area contributed by atoms with Crippen molar-refractivity contribution in [1.82, 2.24) is 4.98 Å². The van der Waals surface area contributed by atoms with Crippen LogP contribution in [0, 0.1) is 0 Å². The molecule has 0 aliphatic heterocycles. The minimum Gasteiger partial charge on any atom is -0.366 e. The Morgan fingerprint density at radius 1 is 0.879 bits per heavy atom. The summed E-state index contributed by atoms with van der Waals surface area (Å²) in [7, 11) is 0. The van der Waals surface area contributed by atoms with Crippen LogP contribution in [0.3, 0.4) is 0 Å². The van der Waals surface area contributed by atoms with Gasteiger partial charge in [0.15, 0.2) is 0 Å². The number of carbonyl (C=O) groups excluding carboxylic acids is 2. The number of aromatic nitrogens is 1. The lowest BCUT2D eigenvalue weighted by Crippen LogP contribution is -2.18. The average molecular weight is 476 g/mol. The van der Waals surface area contributed by atoms with Crippen molar-refractivity contribution >= 4 is 40.7 Å². The van der Waals surface area contributed by atoms with Crippen molar-refractivity contribution in [3.63, 3.8) is 0 Å². The van der Waals surface area contributed by atoms with E-state index >= 15 is 0 Å². The molecule has 164 valence electrons. The number of rotatable bonds is 6. The fourth-order valence-electron chi connectivity index (χ4n) is 3.52. The second kappa shape index (κ2) is 9.86. The number of nitrogens with zero attached hydrogens (tertiary/aromatic N) is 1. The predicted molar refractivity (Wildman–Crippen MR) is 132 cm³/mol. The standard InChI is InChI=1S/C26H19Cl2N3O2/c27-22-12-9-17(15-21(22)23-8-4-5-13-30-23)31-26(33)19-11-10-18(25(29)32)20(24(19)28)14-16-6-2-1-3-7-16/h1-13,15H,14H2,(H2,29,32)(H,31,33). The molecule has 7 heteroatoms. The van der Waals surface area contributed by atoms with Gasteiger partial charge in [-0.1, -0.05) is 59.6 Å². The van der Waals surface area contributed by atoms with Crippen molar-refractivity contribution in [3.05, 3.63) is 117 Å². The predicted octanol–water partition coefficient (Wildman–Crippen LogP) is 6.00. The minimum absolute atomic E-state index is 0.187. The number of benzene rings is 3. The molecule has 0 unspecified atom stereocenters. The van der Waals surface area contributed by atoms with Crippen LogP contribution in [0.2, 0.25) is 10.0 Å². The minimum atomic E-state index is -0.604. The third kappa shape index (κ3) is 5.06. The average Bonchev–Trinajstić information content (AvgIpc) is 2.82. The molecule has 0 saturated carbocycles. The first-order chi connectivity index (χ1) is 15.9. The number of amides is 2. The van der Waals surface area contributed by atoms with Crippen LogP contribution in [0.15, 0.2) is 85.1 Å². The third-order valence-electron chi connectivity index (χ3n) is 5.14. The summed E-state index contributed by atoms with van der Waals surface area (Å²) < 4.78 is 0. The largest absolute Gasteiger partial charge is 0.366 e. The van der Waals surface area contributed by atoms with Gasteiger partial charge in [0.25, 0.3) is 5.91 Å². The van der Waals surface area contributed by atoms with Crippen molar-refractivity contribution in [2.75, 3.05) is 5.32 Å². The number of hydrogen-bond donors (Lipinski definition) is 2. The van der Waals surface area contributed by atoms with Crippen LogP contribution in [0.4, 0.5) is 5.69 Å². The summed E-state index contributed by atoms with van der Waals surface area (Å²) in [6, 6.07) is 23.2. The van der Waals surface area contributed by atoms with Gasteiger partial charge in [-0.15, -0.1) is 0 Å². The van der Waals surface area contributed by atoms with Crippen LogP contribution in [0.1, 0.15) is 31.8 Å². The van der Waals surface area contributed by atoms with Gasteiger partial charge in [-0.3, -0.25) is 14.6 Å². The molecule has 0 saturated heterocycles. The first kappa shape index (κ1) is 22.5. The molecule has 33 heavy (non-hydrogen) atoms. The van der Waals surface area contributed by atoms with Gasteiger partial charge in [0.1, 0.15) is 0 Å². The van der Waals surface area contributed by atoms with Crippen LogP contribution in [-0.2, 0) is 6.42 Å². The number of pyridine rings is 1. The first-order valence-electron chi connectivity index (χ1n) is 10.1. The quantitative estimate of drug-likeness (QED) is 0.358. The number of nitrogens with one attached hydrogen (secondary N) is 1. The van der Waals surface area contributed by atoms with Gasteiger partial charge in [0, 0.05) is 23.0 Å². The van der Waals surface area contributed by atoms with E-state index in [4.69, 9.17) is 28.9 Å². The van der Waals surface area contributed by atoms with Gasteiger partial charge in [-0.25, -0.2) is 0 Å². The second-order valence-electron chi connectivity index (χ2n) is 7.34. The van der Waals surface area contributed by atoms with E-state index in [1.165, 1.54) is 12.1 Å². The summed E-state index contributed by atoms with van der Waals surface area (Å²) in [5.41, 5.74) is 9.44. The highest BCUT2D eigenvalue weighted by Crippen LogP contribution is 2.31. The number of hydrogen-bond acceptors (Lipinski definition) is 3. The van der Waals surface area contributed by atoms with Crippen molar-refractivity contribution in [2.45, 2.75) is 6.42 Å². The highest BCUT2D eigenvalue weighted by molar-refractivity contribution is 6.36. The van der Waals surface area contributed by atoms with Crippen LogP contribution < -0.4 is 11.1 Å². The molecule has 0 bridgehead atoms. The molecule has 0 fully saturated rings. The van der Waals surface area contributed by atoms with Crippen LogP contribution in [0.5, 0.6) is 0 Å². The summed E-state index contributed by atoms with van der Waals surface area (Å²) in [6.07, 6.45) is 2.04. The fourth-order valence-corrected chi connectivity index (χ4v) is 4.05. The number of carbonyl (C=O) groups is 2. The van der Waals surface area contributed by atoms with E-state index in [9.17, 15) is 9.59 Å². The van der Waals surface area contributed by atoms with E-state index in [0.29, 0.717) is 34.0 Å². The molecule has 3 N–H and O–H groups in total. The summed E-state index contributed by atoms with van der Waals surface area (Å²) in [6.45, 7) is 0. The van der Waals surface area contributed by atoms with Crippen LogP contribution >= 0.6 is 23.2 Å². The Labute approximate surface area is 201 Å². The molecule has 0 aliphatic carbocycles. The molecule has 0 spiro atoms. The SMILES string of the molecule is NC(=O)c1ccc(C(=O)Nc2ccc(Cl)c(-c3ccccn3)c2)c(Cl)c1Cc1ccccc1. The molecule has 5 nitrogen and oxygen atoms in total. The lowest BCUT2D eigenvalue weighted by Gasteiger charge is -2.14. The van der Waals surface area contributed by atoms with Crippen molar-refractivity contribution in [3.8, 4) is 11.3 Å². The zero-order valence-corrected chi connectivity index (χ0v) is 18.9. The Morgan fingerprint density at radius 2 is 1.61 bits per heavy atom. The van der Waals surface area contributed by atoms with E-state index in [1.807, 2.05) is 48.5 Å². The molecule has 1 heterocycles. The second-order valence-corrected chi connectivity index (χ2v) is 8.13. The molecule has 4 rings (SSSR count). The molecule has 1 aromatic heterocycles. The molecule has 0 atom stereocenters. The monoisotopic (exact) mass is 475 g/mol. The highest BCUT2D eigenvalue weighted by atomic mass is 35.5. The maximum Gasteiger partial charge on any atom is 0.257 e. The summed E-state index contributed by atoms with van der Waals surface area (Å²) in [5, 5.41) is 3.55. The Hall–Kier alpha value is -3.67. The summed E-state index contributed by atoms with van der Waals surface area (Å²) in [5.74, 6) is -1.02. The van der Waals surface area contributed by atoms with E-state index in [1.54, 1.807) is 24.4 Å². The van der Waals surface area contributed by atoms with Gasteiger partial charge in [0.2, 0.25) is 5.91 Å². The molecule has 4 aromatic rings. The molecular weight excluding hydrogens is 457 g/mol. The van der Waals surface area contributed by atoms with Gasteiger partial charge in [-0.2, -0.15) is 0 Å². The Morgan fingerprint density at radius 3 is 2.30 bits per heavy atom. The highest BCUT2D eigenvalue weighted by Gasteiger charge is 2.20. The number of primary amides is 1. The van der Waals surface area contributed by atoms with E-state index in [-0.39, 0.29) is 16.1 Å². The van der Waals surface area contributed by atoms with Crippen LogP contribution in [0.25, 0.3) is 11.3 Å². The fraction of sp³-hybridized carbons (Fsp3) is 0.0385. The molecule has 3 aromatic carbocycles. The van der Waals surface area contributed by atoms with E-state index in [0.717, 1.165) is 5.56 Å². The Bertz CT molecular complexity index is 1330.